The fourth-order valence-corrected chi connectivity index (χ4v) is 3.61. The fourth-order valence-electron chi connectivity index (χ4n) is 2.03. The Morgan fingerprint density at radius 3 is 3.00 bits per heavy atom. The number of carbonyl (C=O) groups is 2. The average molecular weight is 318 g/mol. The van der Waals surface area contributed by atoms with Crippen molar-refractivity contribution in [2.24, 2.45) is 0 Å². The number of nitrogens with one attached hydrogen (secondary N) is 2. The van der Waals surface area contributed by atoms with E-state index in [1.54, 1.807) is 23.5 Å². The molecule has 0 spiro atoms. The Morgan fingerprint density at radius 1 is 1.38 bits per heavy atom. The van der Waals surface area contributed by atoms with Gasteiger partial charge >= 0.3 is 0 Å². The molecule has 108 valence electrons. The lowest BCUT2D eigenvalue weighted by Gasteiger charge is -2.21. The highest BCUT2D eigenvalue weighted by Crippen LogP contribution is 2.35. The Bertz CT molecular complexity index is 683. The molecule has 4 nitrogen and oxygen atoms in total. The third-order valence-electron chi connectivity index (χ3n) is 3.18. The third kappa shape index (κ3) is 3.11. The Balaban J connectivity index is 1.73. The molecule has 0 fully saturated rings. The van der Waals surface area contributed by atoms with E-state index in [-0.39, 0.29) is 17.1 Å². The van der Waals surface area contributed by atoms with E-state index >= 15 is 0 Å². The van der Waals surface area contributed by atoms with Crippen LogP contribution in [0.2, 0.25) is 0 Å². The van der Waals surface area contributed by atoms with Crippen molar-refractivity contribution in [1.29, 1.82) is 0 Å². The van der Waals surface area contributed by atoms with Crippen LogP contribution in [0.3, 0.4) is 0 Å². The minimum absolute atomic E-state index is 0.0244. The molecular weight excluding hydrogens is 304 g/mol. The molecule has 1 atom stereocenters. The van der Waals surface area contributed by atoms with Gasteiger partial charge in [0, 0.05) is 15.3 Å². The van der Waals surface area contributed by atoms with Crippen molar-refractivity contribution in [3.63, 3.8) is 0 Å². The Labute approximate surface area is 130 Å². The molecule has 1 aromatic carbocycles. The molecular formula is C15H14N2O2S2. The predicted molar refractivity (Wildman–Crippen MR) is 85.9 cm³/mol. The zero-order chi connectivity index (χ0) is 14.8. The molecule has 3 rings (SSSR count). The second-order valence-electron chi connectivity index (χ2n) is 4.72. The monoisotopic (exact) mass is 318 g/mol. The average Bonchev–Trinajstić information content (AvgIpc) is 2.99. The number of amides is 2. The molecule has 0 saturated heterocycles. The van der Waals surface area contributed by atoms with Crippen LogP contribution in [0.5, 0.6) is 0 Å². The standard InChI is InChI=1S/C15H14N2O2S2/c1-9-14(18)17-12-7-10(4-5-13(12)21-9)15(19)16-8-11-3-2-6-20-11/h2-7,9H,8H2,1H3,(H,16,19)(H,17,18). The van der Waals surface area contributed by atoms with Crippen molar-refractivity contribution in [3.05, 3.63) is 46.2 Å². The molecule has 21 heavy (non-hydrogen) atoms. The summed E-state index contributed by atoms with van der Waals surface area (Å²) in [5.41, 5.74) is 1.27. The van der Waals surface area contributed by atoms with Gasteiger partial charge in [0.2, 0.25) is 5.91 Å². The molecule has 2 N–H and O–H groups in total. The van der Waals surface area contributed by atoms with Crippen LogP contribution < -0.4 is 10.6 Å². The third-order valence-corrected chi connectivity index (χ3v) is 5.23. The lowest BCUT2D eigenvalue weighted by molar-refractivity contribution is -0.115. The fraction of sp³-hybridized carbons (Fsp3) is 0.200. The van der Waals surface area contributed by atoms with Crippen molar-refractivity contribution in [1.82, 2.24) is 5.32 Å². The zero-order valence-electron chi connectivity index (χ0n) is 11.4. The number of fused-ring (bicyclic) bond motifs is 1. The summed E-state index contributed by atoms with van der Waals surface area (Å²) in [4.78, 5) is 25.9. The Morgan fingerprint density at radius 2 is 2.24 bits per heavy atom. The van der Waals surface area contributed by atoms with Crippen LogP contribution in [0.4, 0.5) is 5.69 Å². The number of anilines is 1. The predicted octanol–water partition coefficient (Wildman–Crippen LogP) is 3.11. The van der Waals surface area contributed by atoms with E-state index in [0.29, 0.717) is 17.8 Å². The highest BCUT2D eigenvalue weighted by Gasteiger charge is 2.23. The summed E-state index contributed by atoms with van der Waals surface area (Å²) < 4.78 is 0. The van der Waals surface area contributed by atoms with E-state index in [2.05, 4.69) is 10.6 Å². The molecule has 1 aliphatic rings. The molecule has 0 aliphatic carbocycles. The molecule has 0 radical (unpaired) electrons. The smallest absolute Gasteiger partial charge is 0.251 e. The zero-order valence-corrected chi connectivity index (χ0v) is 13.0. The second-order valence-corrected chi connectivity index (χ2v) is 7.14. The van der Waals surface area contributed by atoms with Gasteiger partial charge in [0.15, 0.2) is 0 Å². The molecule has 1 unspecified atom stereocenters. The Hall–Kier alpha value is -1.79. The summed E-state index contributed by atoms with van der Waals surface area (Å²) in [7, 11) is 0. The molecule has 0 saturated carbocycles. The summed E-state index contributed by atoms with van der Waals surface area (Å²) in [6.07, 6.45) is 0. The van der Waals surface area contributed by atoms with E-state index < -0.39 is 0 Å². The van der Waals surface area contributed by atoms with Gasteiger partial charge < -0.3 is 10.6 Å². The van der Waals surface area contributed by atoms with Crippen molar-refractivity contribution in [2.45, 2.75) is 23.6 Å². The van der Waals surface area contributed by atoms with Crippen LogP contribution in [0.25, 0.3) is 0 Å². The molecule has 0 bridgehead atoms. The molecule has 1 aromatic heterocycles. The summed E-state index contributed by atoms with van der Waals surface area (Å²) in [6, 6.07) is 9.35. The number of carbonyl (C=O) groups excluding carboxylic acids is 2. The van der Waals surface area contributed by atoms with Crippen LogP contribution >= 0.6 is 23.1 Å². The minimum Gasteiger partial charge on any atom is -0.347 e. The number of hydrogen-bond acceptors (Lipinski definition) is 4. The molecule has 6 heteroatoms. The van der Waals surface area contributed by atoms with Gasteiger partial charge in [0.25, 0.3) is 5.91 Å². The lowest BCUT2D eigenvalue weighted by Crippen LogP contribution is -2.27. The van der Waals surface area contributed by atoms with E-state index in [0.717, 1.165) is 9.77 Å². The maximum absolute atomic E-state index is 12.1. The quantitative estimate of drug-likeness (QED) is 0.914. The van der Waals surface area contributed by atoms with Crippen LogP contribution in [0, 0.1) is 0 Å². The summed E-state index contributed by atoms with van der Waals surface area (Å²) in [5, 5.41) is 7.60. The first-order valence-electron chi connectivity index (χ1n) is 6.55. The van der Waals surface area contributed by atoms with Gasteiger partial charge in [-0.2, -0.15) is 0 Å². The summed E-state index contributed by atoms with van der Waals surface area (Å²) in [5.74, 6) is -0.160. The van der Waals surface area contributed by atoms with Gasteiger partial charge in [-0.15, -0.1) is 23.1 Å². The highest BCUT2D eigenvalue weighted by molar-refractivity contribution is 8.00. The first-order chi connectivity index (χ1) is 10.1. The molecule has 2 amide bonds. The first kappa shape index (κ1) is 14.2. The van der Waals surface area contributed by atoms with Gasteiger partial charge in [-0.05, 0) is 36.6 Å². The second kappa shape index (κ2) is 5.91. The van der Waals surface area contributed by atoms with Crippen LogP contribution in [-0.4, -0.2) is 17.1 Å². The SMILES string of the molecule is CC1Sc2ccc(C(=O)NCc3cccs3)cc2NC1=O. The van der Waals surface area contributed by atoms with E-state index in [4.69, 9.17) is 0 Å². The first-order valence-corrected chi connectivity index (χ1v) is 8.31. The molecule has 2 aromatic rings. The number of hydrogen-bond donors (Lipinski definition) is 2. The van der Waals surface area contributed by atoms with Crippen LogP contribution in [0.15, 0.2) is 40.6 Å². The van der Waals surface area contributed by atoms with Crippen molar-refractivity contribution < 1.29 is 9.59 Å². The van der Waals surface area contributed by atoms with Gasteiger partial charge in [0.05, 0.1) is 17.5 Å². The number of thiophene rings is 1. The molecule has 2 heterocycles. The van der Waals surface area contributed by atoms with Crippen molar-refractivity contribution >= 4 is 40.6 Å². The minimum atomic E-state index is -0.135. The van der Waals surface area contributed by atoms with Gasteiger partial charge in [-0.1, -0.05) is 6.07 Å². The van der Waals surface area contributed by atoms with Crippen LogP contribution in [-0.2, 0) is 11.3 Å². The maximum atomic E-state index is 12.1. The molecule has 1 aliphatic heterocycles. The van der Waals surface area contributed by atoms with Crippen molar-refractivity contribution in [3.8, 4) is 0 Å². The van der Waals surface area contributed by atoms with Crippen molar-refractivity contribution in [2.75, 3.05) is 5.32 Å². The van der Waals surface area contributed by atoms with Crippen LogP contribution in [0.1, 0.15) is 22.2 Å². The summed E-state index contributed by atoms with van der Waals surface area (Å²) in [6.45, 7) is 2.39. The Kier molecular flexibility index (Phi) is 3.98. The van der Waals surface area contributed by atoms with Gasteiger partial charge in [0.1, 0.15) is 0 Å². The van der Waals surface area contributed by atoms with E-state index in [9.17, 15) is 9.59 Å². The normalized spacial score (nSPS) is 17.0. The number of rotatable bonds is 3. The highest BCUT2D eigenvalue weighted by atomic mass is 32.2. The number of thioether (sulfide) groups is 1. The van der Waals surface area contributed by atoms with Gasteiger partial charge in [-0.25, -0.2) is 0 Å². The summed E-state index contributed by atoms with van der Waals surface area (Å²) >= 11 is 3.12. The topological polar surface area (TPSA) is 58.2 Å². The largest absolute Gasteiger partial charge is 0.347 e. The van der Waals surface area contributed by atoms with Gasteiger partial charge in [-0.3, -0.25) is 9.59 Å². The van der Waals surface area contributed by atoms with E-state index in [1.807, 2.05) is 30.5 Å². The number of benzene rings is 1. The van der Waals surface area contributed by atoms with E-state index in [1.165, 1.54) is 11.8 Å². The lowest BCUT2D eigenvalue weighted by atomic mass is 10.1. The maximum Gasteiger partial charge on any atom is 0.251 e.